The van der Waals surface area contributed by atoms with Crippen LogP contribution >= 0.6 is 0 Å². The Kier molecular flexibility index (Phi) is 3.45. The molecule has 90 valence electrons. The van der Waals surface area contributed by atoms with E-state index in [0.717, 1.165) is 25.2 Å². The highest BCUT2D eigenvalue weighted by atomic mass is 16.5. The van der Waals surface area contributed by atoms with Crippen molar-refractivity contribution in [3.05, 3.63) is 17.8 Å². The van der Waals surface area contributed by atoms with E-state index in [1.165, 1.54) is 0 Å². The fraction of sp³-hybridized carbons (Fsp3) is 0.500. The van der Waals surface area contributed by atoms with Crippen LogP contribution in [0.2, 0.25) is 0 Å². The molecule has 2 N–H and O–H groups in total. The van der Waals surface area contributed by atoms with Gasteiger partial charge in [-0.15, -0.1) is 0 Å². The predicted molar refractivity (Wildman–Crippen MR) is 65.6 cm³/mol. The number of rotatable bonds is 5. The maximum absolute atomic E-state index is 9.12. The Morgan fingerprint density at radius 2 is 2.41 bits per heavy atom. The van der Waals surface area contributed by atoms with E-state index in [2.05, 4.69) is 16.0 Å². The highest BCUT2D eigenvalue weighted by Crippen LogP contribution is 2.32. The first-order valence-corrected chi connectivity index (χ1v) is 5.67. The Morgan fingerprint density at radius 3 is 3.00 bits per heavy atom. The zero-order valence-corrected chi connectivity index (χ0v) is 9.89. The van der Waals surface area contributed by atoms with Gasteiger partial charge in [-0.05, 0) is 18.9 Å². The summed E-state index contributed by atoms with van der Waals surface area (Å²) in [5.74, 6) is 0.723. The summed E-state index contributed by atoms with van der Waals surface area (Å²) in [7, 11) is 1.67. The predicted octanol–water partition coefficient (Wildman–Crippen LogP) is 1.15. The number of ether oxygens (including phenoxy) is 1. The van der Waals surface area contributed by atoms with Crippen LogP contribution in [0.4, 0.5) is 11.5 Å². The van der Waals surface area contributed by atoms with Crippen molar-refractivity contribution in [1.29, 1.82) is 5.26 Å². The molecule has 0 radical (unpaired) electrons. The van der Waals surface area contributed by atoms with E-state index in [0.29, 0.717) is 23.9 Å². The van der Waals surface area contributed by atoms with Crippen LogP contribution in [0.3, 0.4) is 0 Å². The molecular weight excluding hydrogens is 216 g/mol. The first kappa shape index (κ1) is 11.7. The molecule has 1 aliphatic rings. The number of nitriles is 1. The number of methoxy groups -OCH3 is 1. The molecule has 0 bridgehead atoms. The molecule has 1 aliphatic carbocycles. The number of anilines is 2. The zero-order chi connectivity index (χ0) is 12.3. The van der Waals surface area contributed by atoms with Crippen molar-refractivity contribution in [2.45, 2.75) is 18.9 Å². The summed E-state index contributed by atoms with van der Waals surface area (Å²) in [5, 5.41) is 9.12. The molecule has 5 nitrogen and oxygen atoms in total. The lowest BCUT2D eigenvalue weighted by Crippen LogP contribution is -2.31. The molecule has 0 aromatic carbocycles. The Hall–Kier alpha value is -1.80. The number of nitrogens with zero attached hydrogens (tertiary/aromatic N) is 3. The van der Waals surface area contributed by atoms with E-state index in [-0.39, 0.29) is 0 Å². The molecule has 1 saturated carbocycles. The van der Waals surface area contributed by atoms with Gasteiger partial charge in [-0.25, -0.2) is 4.98 Å². The van der Waals surface area contributed by atoms with Crippen LogP contribution in [0, 0.1) is 11.3 Å². The number of aromatic nitrogens is 1. The van der Waals surface area contributed by atoms with E-state index < -0.39 is 0 Å². The average Bonchev–Trinajstić information content (AvgIpc) is 3.15. The number of nitrogen functional groups attached to an aromatic ring is 1. The largest absolute Gasteiger partial charge is 0.397 e. The highest BCUT2D eigenvalue weighted by molar-refractivity contribution is 5.59. The average molecular weight is 232 g/mol. The lowest BCUT2D eigenvalue weighted by atomic mass is 10.2. The fourth-order valence-corrected chi connectivity index (χ4v) is 1.82. The standard InChI is InChI=1S/C12H16N4O/c1-17-5-4-16(11-2-3-11)12-9(7-13)6-10(14)8-15-12/h6,8,11H,2-5,14H2,1H3. The van der Waals surface area contributed by atoms with Gasteiger partial charge in [-0.3, -0.25) is 0 Å². The van der Waals surface area contributed by atoms with Gasteiger partial charge in [0.2, 0.25) is 0 Å². The third-order valence-electron chi connectivity index (χ3n) is 2.80. The molecule has 1 heterocycles. The van der Waals surface area contributed by atoms with Crippen LogP contribution in [0.1, 0.15) is 18.4 Å². The molecule has 0 aliphatic heterocycles. The van der Waals surface area contributed by atoms with Gasteiger partial charge in [-0.2, -0.15) is 5.26 Å². The number of pyridine rings is 1. The first-order chi connectivity index (χ1) is 8.26. The lowest BCUT2D eigenvalue weighted by Gasteiger charge is -2.24. The van der Waals surface area contributed by atoms with Gasteiger partial charge in [0.15, 0.2) is 0 Å². The van der Waals surface area contributed by atoms with Crippen molar-refractivity contribution in [1.82, 2.24) is 4.98 Å². The van der Waals surface area contributed by atoms with Crippen molar-refractivity contribution in [3.63, 3.8) is 0 Å². The molecular formula is C12H16N4O. The number of hydrogen-bond acceptors (Lipinski definition) is 5. The summed E-state index contributed by atoms with van der Waals surface area (Å²) in [5.41, 5.74) is 6.69. The van der Waals surface area contributed by atoms with Gasteiger partial charge < -0.3 is 15.4 Å². The van der Waals surface area contributed by atoms with E-state index in [1.807, 2.05) is 0 Å². The minimum absolute atomic E-state index is 0.494. The summed E-state index contributed by atoms with van der Waals surface area (Å²) in [4.78, 5) is 6.43. The minimum Gasteiger partial charge on any atom is -0.397 e. The van der Waals surface area contributed by atoms with E-state index >= 15 is 0 Å². The van der Waals surface area contributed by atoms with E-state index in [9.17, 15) is 0 Å². The Bertz CT molecular complexity index is 437. The molecule has 0 unspecified atom stereocenters. The monoisotopic (exact) mass is 232 g/mol. The Labute approximate surface area is 101 Å². The van der Waals surface area contributed by atoms with Crippen LogP contribution < -0.4 is 10.6 Å². The SMILES string of the molecule is COCCN(c1ncc(N)cc1C#N)C1CC1. The molecule has 1 aromatic rings. The van der Waals surface area contributed by atoms with Crippen molar-refractivity contribution >= 4 is 11.5 Å². The third-order valence-corrected chi connectivity index (χ3v) is 2.80. The molecule has 0 saturated heterocycles. The third kappa shape index (κ3) is 2.66. The topological polar surface area (TPSA) is 75.2 Å². The van der Waals surface area contributed by atoms with Crippen molar-refractivity contribution < 1.29 is 4.74 Å². The van der Waals surface area contributed by atoms with Gasteiger partial charge in [-0.1, -0.05) is 0 Å². The number of nitrogens with two attached hydrogens (primary N) is 1. The summed E-state index contributed by atoms with van der Waals surface area (Å²) in [6, 6.07) is 4.32. The van der Waals surface area contributed by atoms with Crippen LogP contribution in [-0.4, -0.2) is 31.3 Å². The summed E-state index contributed by atoms with van der Waals surface area (Å²) in [6.45, 7) is 1.39. The minimum atomic E-state index is 0.494. The number of hydrogen-bond donors (Lipinski definition) is 1. The van der Waals surface area contributed by atoms with Crippen LogP contribution in [0.15, 0.2) is 12.3 Å². The molecule has 1 fully saturated rings. The smallest absolute Gasteiger partial charge is 0.146 e. The van der Waals surface area contributed by atoms with Gasteiger partial charge in [0.1, 0.15) is 11.9 Å². The molecule has 5 heteroatoms. The van der Waals surface area contributed by atoms with Gasteiger partial charge in [0.05, 0.1) is 24.1 Å². The Morgan fingerprint density at radius 1 is 1.65 bits per heavy atom. The highest BCUT2D eigenvalue weighted by Gasteiger charge is 2.31. The quantitative estimate of drug-likeness (QED) is 0.824. The first-order valence-electron chi connectivity index (χ1n) is 5.67. The van der Waals surface area contributed by atoms with Gasteiger partial charge in [0.25, 0.3) is 0 Å². The molecule has 0 amide bonds. The van der Waals surface area contributed by atoms with Gasteiger partial charge in [0, 0.05) is 19.7 Å². The molecule has 17 heavy (non-hydrogen) atoms. The fourth-order valence-electron chi connectivity index (χ4n) is 1.82. The van der Waals surface area contributed by atoms with Crippen molar-refractivity contribution in [2.24, 2.45) is 0 Å². The van der Waals surface area contributed by atoms with Crippen LogP contribution in [0.25, 0.3) is 0 Å². The lowest BCUT2D eigenvalue weighted by molar-refractivity contribution is 0.204. The van der Waals surface area contributed by atoms with Crippen LogP contribution in [0.5, 0.6) is 0 Å². The maximum atomic E-state index is 9.12. The maximum Gasteiger partial charge on any atom is 0.146 e. The second-order valence-electron chi connectivity index (χ2n) is 4.17. The summed E-state index contributed by atoms with van der Waals surface area (Å²) in [6.07, 6.45) is 3.90. The second-order valence-corrected chi connectivity index (χ2v) is 4.17. The van der Waals surface area contributed by atoms with Gasteiger partial charge >= 0.3 is 0 Å². The summed E-state index contributed by atoms with van der Waals surface area (Å²) >= 11 is 0. The van der Waals surface area contributed by atoms with Crippen molar-refractivity contribution in [3.8, 4) is 6.07 Å². The molecule has 0 spiro atoms. The summed E-state index contributed by atoms with van der Waals surface area (Å²) < 4.78 is 5.09. The molecule has 2 rings (SSSR count). The second kappa shape index (κ2) is 5.02. The molecule has 1 aromatic heterocycles. The molecule has 0 atom stereocenters. The Balaban J connectivity index is 2.25. The van der Waals surface area contributed by atoms with E-state index in [4.69, 9.17) is 15.7 Å². The van der Waals surface area contributed by atoms with Crippen LogP contribution in [-0.2, 0) is 4.74 Å². The van der Waals surface area contributed by atoms with E-state index in [1.54, 1.807) is 19.4 Å². The normalized spacial score (nSPS) is 14.4. The van der Waals surface area contributed by atoms with Crippen molar-refractivity contribution in [2.75, 3.05) is 30.9 Å². The zero-order valence-electron chi connectivity index (χ0n) is 9.89.